The second-order valence-electron chi connectivity index (χ2n) is 5.30. The van der Waals surface area contributed by atoms with Gasteiger partial charge in [0, 0.05) is 13.6 Å². The molecule has 3 rings (SSSR count). The zero-order valence-corrected chi connectivity index (χ0v) is 14.4. The number of benzene rings is 1. The van der Waals surface area contributed by atoms with Crippen LogP contribution in [0.3, 0.4) is 0 Å². The molecule has 2 heterocycles. The lowest BCUT2D eigenvalue weighted by atomic mass is 10.2. The Labute approximate surface area is 144 Å². The zero-order valence-electron chi connectivity index (χ0n) is 13.6. The van der Waals surface area contributed by atoms with Gasteiger partial charge in [-0.1, -0.05) is 23.9 Å². The maximum Gasteiger partial charge on any atom is 0.233 e. The molecule has 0 fully saturated rings. The summed E-state index contributed by atoms with van der Waals surface area (Å²) in [5, 5.41) is 11.8. The fourth-order valence-electron chi connectivity index (χ4n) is 2.37. The van der Waals surface area contributed by atoms with Crippen LogP contribution >= 0.6 is 11.8 Å². The van der Waals surface area contributed by atoms with E-state index in [0.29, 0.717) is 24.9 Å². The number of carbonyl (C=O) groups excluding carboxylic acids is 1. The standard InChI is InChI=1S/C15H19N5O3S/c1-3-20(14(21)10-24-15-16-17-18-19(15)2)8-11-9-22-12-6-4-5-7-13(12)23-11/h4-7,11H,3,8-10H2,1-2H3. The van der Waals surface area contributed by atoms with Gasteiger partial charge >= 0.3 is 0 Å². The third-order valence-electron chi connectivity index (χ3n) is 3.63. The highest BCUT2D eigenvalue weighted by Crippen LogP contribution is 2.31. The number of aryl methyl sites for hydroxylation is 1. The van der Waals surface area contributed by atoms with Crippen LogP contribution in [-0.4, -0.2) is 62.6 Å². The fourth-order valence-corrected chi connectivity index (χ4v) is 3.12. The van der Waals surface area contributed by atoms with Crippen LogP contribution in [0.4, 0.5) is 0 Å². The molecule has 1 atom stereocenters. The maximum absolute atomic E-state index is 12.4. The Kier molecular flexibility index (Phi) is 5.19. The molecule has 0 bridgehead atoms. The van der Waals surface area contributed by atoms with Crippen molar-refractivity contribution >= 4 is 17.7 Å². The van der Waals surface area contributed by atoms with Gasteiger partial charge in [0.15, 0.2) is 17.6 Å². The van der Waals surface area contributed by atoms with Crippen LogP contribution in [-0.2, 0) is 11.8 Å². The Balaban J connectivity index is 1.55. The Hall–Kier alpha value is -2.29. The highest BCUT2D eigenvalue weighted by atomic mass is 32.2. The van der Waals surface area contributed by atoms with Gasteiger partial charge in [-0.05, 0) is 29.5 Å². The first-order valence-electron chi connectivity index (χ1n) is 7.68. The largest absolute Gasteiger partial charge is 0.486 e. The molecule has 2 aromatic rings. The first kappa shape index (κ1) is 16.6. The van der Waals surface area contributed by atoms with Crippen LogP contribution in [0.5, 0.6) is 11.5 Å². The summed E-state index contributed by atoms with van der Waals surface area (Å²) >= 11 is 1.32. The fraction of sp³-hybridized carbons (Fsp3) is 0.467. The predicted molar refractivity (Wildman–Crippen MR) is 88.1 cm³/mol. The monoisotopic (exact) mass is 349 g/mol. The molecule has 0 saturated carbocycles. The summed E-state index contributed by atoms with van der Waals surface area (Å²) < 4.78 is 13.2. The molecule has 1 aromatic carbocycles. The van der Waals surface area contributed by atoms with E-state index in [-0.39, 0.29) is 17.8 Å². The third-order valence-corrected chi connectivity index (χ3v) is 4.63. The number of para-hydroxylation sites is 2. The highest BCUT2D eigenvalue weighted by molar-refractivity contribution is 7.99. The number of rotatable bonds is 6. The van der Waals surface area contributed by atoms with Crippen molar-refractivity contribution in [2.75, 3.05) is 25.4 Å². The highest BCUT2D eigenvalue weighted by Gasteiger charge is 2.25. The van der Waals surface area contributed by atoms with Crippen molar-refractivity contribution in [1.29, 1.82) is 0 Å². The molecule has 1 amide bonds. The van der Waals surface area contributed by atoms with Crippen LogP contribution in [0.25, 0.3) is 0 Å². The van der Waals surface area contributed by atoms with E-state index < -0.39 is 0 Å². The minimum Gasteiger partial charge on any atom is -0.486 e. The normalized spacial score (nSPS) is 16.0. The first-order valence-corrected chi connectivity index (χ1v) is 8.67. The molecule has 0 aliphatic carbocycles. The van der Waals surface area contributed by atoms with E-state index in [1.54, 1.807) is 16.6 Å². The van der Waals surface area contributed by atoms with E-state index in [4.69, 9.17) is 9.47 Å². The number of fused-ring (bicyclic) bond motifs is 1. The van der Waals surface area contributed by atoms with Crippen molar-refractivity contribution in [3.8, 4) is 11.5 Å². The van der Waals surface area contributed by atoms with Gasteiger partial charge in [0.05, 0.1) is 12.3 Å². The molecule has 1 aliphatic rings. The van der Waals surface area contributed by atoms with E-state index in [1.165, 1.54) is 11.8 Å². The minimum absolute atomic E-state index is 0.0213. The second-order valence-corrected chi connectivity index (χ2v) is 6.25. The summed E-state index contributed by atoms with van der Waals surface area (Å²) in [4.78, 5) is 14.2. The summed E-state index contributed by atoms with van der Waals surface area (Å²) in [6.07, 6.45) is -0.176. The van der Waals surface area contributed by atoms with E-state index in [9.17, 15) is 4.79 Å². The predicted octanol–water partition coefficient (Wildman–Crippen LogP) is 0.991. The Morgan fingerprint density at radius 1 is 1.42 bits per heavy atom. The smallest absolute Gasteiger partial charge is 0.233 e. The molecule has 0 N–H and O–H groups in total. The Morgan fingerprint density at radius 3 is 2.92 bits per heavy atom. The molecule has 1 aromatic heterocycles. The molecule has 0 radical (unpaired) electrons. The minimum atomic E-state index is -0.176. The average Bonchev–Trinajstić information content (AvgIpc) is 3.02. The molecule has 1 unspecified atom stereocenters. The average molecular weight is 349 g/mol. The van der Waals surface area contributed by atoms with Crippen LogP contribution in [0.1, 0.15) is 6.92 Å². The lowest BCUT2D eigenvalue weighted by Crippen LogP contribution is -2.44. The number of carbonyl (C=O) groups is 1. The number of aromatic nitrogens is 4. The lowest BCUT2D eigenvalue weighted by Gasteiger charge is -2.30. The molecule has 8 nitrogen and oxygen atoms in total. The van der Waals surface area contributed by atoms with Crippen LogP contribution in [0.15, 0.2) is 29.4 Å². The second kappa shape index (κ2) is 7.52. The summed E-state index contributed by atoms with van der Waals surface area (Å²) in [6.45, 7) is 3.48. The van der Waals surface area contributed by atoms with Crippen molar-refractivity contribution in [2.24, 2.45) is 7.05 Å². The number of tetrazole rings is 1. The number of thioether (sulfide) groups is 1. The Morgan fingerprint density at radius 2 is 2.21 bits per heavy atom. The first-order chi connectivity index (χ1) is 11.7. The summed E-state index contributed by atoms with van der Waals surface area (Å²) in [5.41, 5.74) is 0. The van der Waals surface area contributed by atoms with Gasteiger partial charge in [-0.2, -0.15) is 0 Å². The molecule has 1 aliphatic heterocycles. The molecule has 0 saturated heterocycles. The molecule has 9 heteroatoms. The van der Waals surface area contributed by atoms with Crippen molar-refractivity contribution in [3.63, 3.8) is 0 Å². The van der Waals surface area contributed by atoms with Crippen LogP contribution in [0.2, 0.25) is 0 Å². The summed E-state index contributed by atoms with van der Waals surface area (Å²) in [7, 11) is 1.75. The van der Waals surface area contributed by atoms with Crippen LogP contribution in [0, 0.1) is 0 Å². The molecular weight excluding hydrogens is 330 g/mol. The van der Waals surface area contributed by atoms with Gasteiger partial charge in [0.2, 0.25) is 11.1 Å². The maximum atomic E-state index is 12.4. The van der Waals surface area contributed by atoms with Crippen molar-refractivity contribution in [1.82, 2.24) is 25.1 Å². The number of hydrogen-bond acceptors (Lipinski definition) is 7. The molecule has 128 valence electrons. The van der Waals surface area contributed by atoms with Crippen molar-refractivity contribution < 1.29 is 14.3 Å². The summed E-state index contributed by atoms with van der Waals surface area (Å²) in [6, 6.07) is 7.55. The van der Waals surface area contributed by atoms with Crippen LogP contribution < -0.4 is 9.47 Å². The number of nitrogens with zero attached hydrogens (tertiary/aromatic N) is 5. The number of hydrogen-bond donors (Lipinski definition) is 0. The van der Waals surface area contributed by atoms with Gasteiger partial charge in [0.1, 0.15) is 6.61 Å². The lowest BCUT2D eigenvalue weighted by molar-refractivity contribution is -0.129. The van der Waals surface area contributed by atoms with Gasteiger partial charge < -0.3 is 14.4 Å². The number of amides is 1. The third kappa shape index (κ3) is 3.78. The molecular formula is C15H19N5O3S. The van der Waals surface area contributed by atoms with Crippen molar-refractivity contribution in [2.45, 2.75) is 18.2 Å². The van der Waals surface area contributed by atoms with E-state index in [0.717, 1.165) is 11.5 Å². The van der Waals surface area contributed by atoms with E-state index in [2.05, 4.69) is 15.5 Å². The zero-order chi connectivity index (χ0) is 16.9. The topological polar surface area (TPSA) is 82.4 Å². The SMILES string of the molecule is CCN(CC1COc2ccccc2O1)C(=O)CSc1nnnn1C. The number of likely N-dealkylation sites (N-methyl/N-ethyl adjacent to an activating group) is 1. The van der Waals surface area contributed by atoms with E-state index >= 15 is 0 Å². The van der Waals surface area contributed by atoms with Crippen molar-refractivity contribution in [3.05, 3.63) is 24.3 Å². The number of ether oxygens (including phenoxy) is 2. The van der Waals surface area contributed by atoms with Gasteiger partial charge in [0.25, 0.3) is 0 Å². The summed E-state index contributed by atoms with van der Waals surface area (Å²) in [5.74, 6) is 1.77. The molecule has 0 spiro atoms. The molecule has 24 heavy (non-hydrogen) atoms. The van der Waals surface area contributed by atoms with Gasteiger partial charge in [-0.15, -0.1) is 5.10 Å². The quantitative estimate of drug-likeness (QED) is 0.719. The Bertz CT molecular complexity index is 708. The van der Waals surface area contributed by atoms with E-state index in [1.807, 2.05) is 31.2 Å². The van der Waals surface area contributed by atoms with Gasteiger partial charge in [-0.25, -0.2) is 4.68 Å². The van der Waals surface area contributed by atoms with Gasteiger partial charge in [-0.3, -0.25) is 4.79 Å².